The molecule has 2 bridgehead atoms. The van der Waals surface area contributed by atoms with Crippen LogP contribution in [0, 0.1) is 15.4 Å². The molecule has 1 aromatic carbocycles. The highest BCUT2D eigenvalue weighted by Gasteiger charge is 2.60. The van der Waals surface area contributed by atoms with Gasteiger partial charge in [-0.3, -0.25) is 9.59 Å². The Hall–Kier alpha value is -1.21. The number of carbonyl (C=O) groups excluding carboxylic acids is 2. The highest BCUT2D eigenvalue weighted by Crippen LogP contribution is 2.46. The van der Waals surface area contributed by atoms with E-state index in [1.807, 2.05) is 30.4 Å². The van der Waals surface area contributed by atoms with E-state index in [-0.39, 0.29) is 35.9 Å². The molecule has 4 rings (SSSR count). The number of fused-ring (bicyclic) bond motifs is 5. The summed E-state index contributed by atoms with van der Waals surface area (Å²) in [5.41, 5.74) is 0.663. The van der Waals surface area contributed by atoms with E-state index >= 15 is 0 Å². The predicted octanol–water partition coefficient (Wildman–Crippen LogP) is 1.73. The Labute approximate surface area is 123 Å². The lowest BCUT2D eigenvalue weighted by atomic mass is 9.85. The topological polar surface area (TPSA) is 46.6 Å². The zero-order chi connectivity index (χ0) is 13.1. The molecule has 5 heteroatoms. The van der Waals surface area contributed by atoms with Gasteiger partial charge in [-0.15, -0.1) is 0 Å². The first-order valence-electron chi connectivity index (χ1n) is 6.14. The molecular weight excluding hydrogens is 357 g/mol. The van der Waals surface area contributed by atoms with Crippen LogP contribution < -0.4 is 4.90 Å². The third kappa shape index (κ3) is 1.48. The number of nitrogens with zero attached hydrogens (tertiary/aromatic N) is 1. The van der Waals surface area contributed by atoms with Crippen molar-refractivity contribution in [3.05, 3.63) is 40.0 Å². The first-order chi connectivity index (χ1) is 9.16. The number of halogens is 1. The van der Waals surface area contributed by atoms with Crippen LogP contribution in [-0.4, -0.2) is 24.0 Å². The number of amides is 2. The van der Waals surface area contributed by atoms with Crippen molar-refractivity contribution in [3.63, 3.8) is 0 Å². The van der Waals surface area contributed by atoms with E-state index in [2.05, 4.69) is 22.6 Å². The normalized spacial score (nSPS) is 35.3. The van der Waals surface area contributed by atoms with E-state index in [0.717, 1.165) is 3.57 Å². The maximum absolute atomic E-state index is 12.5. The van der Waals surface area contributed by atoms with Gasteiger partial charge >= 0.3 is 0 Å². The third-order valence-electron chi connectivity index (χ3n) is 3.98. The van der Waals surface area contributed by atoms with Crippen molar-refractivity contribution in [2.24, 2.45) is 11.8 Å². The minimum absolute atomic E-state index is 0.131. The summed E-state index contributed by atoms with van der Waals surface area (Å²) in [5.74, 6) is -0.927. The lowest BCUT2D eigenvalue weighted by molar-refractivity contribution is -0.124. The van der Waals surface area contributed by atoms with Crippen molar-refractivity contribution in [3.8, 4) is 0 Å². The molecule has 0 saturated carbocycles. The molecule has 0 N–H and O–H groups in total. The fourth-order valence-electron chi connectivity index (χ4n) is 3.17. The Kier molecular flexibility index (Phi) is 2.38. The number of benzene rings is 1. The van der Waals surface area contributed by atoms with Crippen molar-refractivity contribution >= 4 is 40.1 Å². The van der Waals surface area contributed by atoms with Crippen LogP contribution >= 0.6 is 22.6 Å². The quantitative estimate of drug-likeness (QED) is 0.432. The molecule has 3 heterocycles. The summed E-state index contributed by atoms with van der Waals surface area (Å²) in [6, 6.07) is 7.45. The van der Waals surface area contributed by atoms with Gasteiger partial charge in [0.25, 0.3) is 0 Å². The molecule has 19 heavy (non-hydrogen) atoms. The predicted molar refractivity (Wildman–Crippen MR) is 76.4 cm³/mol. The van der Waals surface area contributed by atoms with Gasteiger partial charge in [-0.25, -0.2) is 4.90 Å². The molecule has 1 aromatic rings. The average molecular weight is 367 g/mol. The van der Waals surface area contributed by atoms with Crippen molar-refractivity contribution in [1.82, 2.24) is 0 Å². The van der Waals surface area contributed by atoms with Crippen molar-refractivity contribution < 1.29 is 14.3 Å². The maximum atomic E-state index is 12.5. The van der Waals surface area contributed by atoms with Crippen LogP contribution in [0.5, 0.6) is 0 Å². The number of ether oxygens (including phenoxy) is 1. The zero-order valence-electron chi connectivity index (χ0n) is 9.82. The molecule has 3 aliphatic rings. The fraction of sp³-hybridized carbons (Fsp3) is 0.286. The van der Waals surface area contributed by atoms with E-state index in [9.17, 15) is 9.59 Å². The van der Waals surface area contributed by atoms with Gasteiger partial charge in [0.2, 0.25) is 11.8 Å². The summed E-state index contributed by atoms with van der Waals surface area (Å²) in [6.45, 7) is 0. The van der Waals surface area contributed by atoms with Gasteiger partial charge < -0.3 is 4.74 Å². The molecule has 96 valence electrons. The van der Waals surface area contributed by atoms with E-state index in [4.69, 9.17) is 4.74 Å². The lowest BCUT2D eigenvalue weighted by Crippen LogP contribution is -2.34. The second kappa shape index (κ2) is 3.89. The van der Waals surface area contributed by atoms with Gasteiger partial charge in [0.15, 0.2) is 0 Å². The molecule has 0 radical (unpaired) electrons. The van der Waals surface area contributed by atoms with Crippen LogP contribution in [0.4, 0.5) is 5.69 Å². The largest absolute Gasteiger partial charge is 0.365 e. The summed E-state index contributed by atoms with van der Waals surface area (Å²) in [4.78, 5) is 26.3. The summed E-state index contributed by atoms with van der Waals surface area (Å²) < 4.78 is 6.61. The molecule has 0 aromatic heterocycles. The molecule has 0 unspecified atom stereocenters. The van der Waals surface area contributed by atoms with Gasteiger partial charge in [0.05, 0.1) is 29.7 Å². The Bertz CT molecular complexity index is 597. The van der Waals surface area contributed by atoms with Gasteiger partial charge in [-0.05, 0) is 40.8 Å². The molecule has 4 atom stereocenters. The number of anilines is 1. The Morgan fingerprint density at radius 2 is 1.68 bits per heavy atom. The van der Waals surface area contributed by atoms with E-state index < -0.39 is 0 Å². The Morgan fingerprint density at radius 1 is 1.05 bits per heavy atom. The highest BCUT2D eigenvalue weighted by molar-refractivity contribution is 14.1. The van der Waals surface area contributed by atoms with Crippen LogP contribution in [0.25, 0.3) is 0 Å². The van der Waals surface area contributed by atoms with Gasteiger partial charge in [0, 0.05) is 3.57 Å². The van der Waals surface area contributed by atoms with Crippen LogP contribution in [0.1, 0.15) is 0 Å². The number of rotatable bonds is 1. The van der Waals surface area contributed by atoms with Gasteiger partial charge in [0.1, 0.15) is 0 Å². The van der Waals surface area contributed by atoms with Crippen molar-refractivity contribution in [1.29, 1.82) is 0 Å². The minimum Gasteiger partial charge on any atom is -0.365 e. The van der Waals surface area contributed by atoms with E-state index in [1.54, 1.807) is 6.07 Å². The number of imide groups is 1. The molecule has 2 saturated heterocycles. The second-order valence-corrected chi connectivity index (χ2v) is 6.24. The Morgan fingerprint density at radius 3 is 2.26 bits per heavy atom. The molecule has 2 amide bonds. The van der Waals surface area contributed by atoms with Crippen LogP contribution in [0.3, 0.4) is 0 Å². The molecular formula is C14H10INO3. The molecule has 0 aliphatic carbocycles. The summed E-state index contributed by atoms with van der Waals surface area (Å²) in [7, 11) is 0. The second-order valence-electron chi connectivity index (χ2n) is 4.99. The monoisotopic (exact) mass is 367 g/mol. The fourth-order valence-corrected chi connectivity index (χ4v) is 3.70. The molecule has 3 aliphatic heterocycles. The highest BCUT2D eigenvalue weighted by atomic mass is 127. The summed E-state index contributed by atoms with van der Waals surface area (Å²) in [5, 5.41) is 0. The number of carbonyl (C=O) groups is 2. The number of hydrogen-bond donors (Lipinski definition) is 0. The standard InChI is InChI=1S/C14H10INO3/c15-7-2-1-3-8(6-7)16-13(17)11-9-4-5-10(19-9)12(11)14(16)18/h1-6,9-12H/t9-,10-,11+,12+/m1/s1. The zero-order valence-corrected chi connectivity index (χ0v) is 12.0. The third-order valence-corrected chi connectivity index (χ3v) is 4.65. The van der Waals surface area contributed by atoms with Gasteiger partial charge in [-0.1, -0.05) is 18.2 Å². The number of hydrogen-bond acceptors (Lipinski definition) is 3. The lowest BCUT2D eigenvalue weighted by Gasteiger charge is -2.17. The molecule has 0 spiro atoms. The van der Waals surface area contributed by atoms with Crippen LogP contribution in [-0.2, 0) is 14.3 Å². The first kappa shape index (κ1) is 11.6. The first-order valence-corrected chi connectivity index (χ1v) is 7.22. The smallest absolute Gasteiger partial charge is 0.240 e. The summed E-state index contributed by atoms with van der Waals surface area (Å²) in [6.07, 6.45) is 3.35. The SMILES string of the molecule is O=C1[C@@H]2[C@@H](C(=O)N1c1cccc(I)c1)[C@H]1C=C[C@H]2O1. The Balaban J connectivity index is 1.77. The van der Waals surface area contributed by atoms with Gasteiger partial charge in [-0.2, -0.15) is 0 Å². The van der Waals surface area contributed by atoms with E-state index in [0.29, 0.717) is 5.69 Å². The van der Waals surface area contributed by atoms with Crippen molar-refractivity contribution in [2.75, 3.05) is 4.90 Å². The minimum atomic E-state index is -0.333. The van der Waals surface area contributed by atoms with Crippen LogP contribution in [0.2, 0.25) is 0 Å². The molecule has 4 nitrogen and oxygen atoms in total. The van der Waals surface area contributed by atoms with Crippen molar-refractivity contribution in [2.45, 2.75) is 12.2 Å². The maximum Gasteiger partial charge on any atom is 0.240 e. The average Bonchev–Trinajstić information content (AvgIpc) is 3.04. The van der Waals surface area contributed by atoms with E-state index in [1.165, 1.54) is 4.90 Å². The molecule has 2 fully saturated rings. The summed E-state index contributed by atoms with van der Waals surface area (Å²) >= 11 is 2.17. The van der Waals surface area contributed by atoms with Crippen LogP contribution in [0.15, 0.2) is 36.4 Å².